The van der Waals surface area contributed by atoms with E-state index in [1.165, 1.54) is 21.0 Å². The highest BCUT2D eigenvalue weighted by Crippen LogP contribution is 2.23. The molecule has 0 saturated carbocycles. The molecule has 0 unspecified atom stereocenters. The third-order valence-electron chi connectivity index (χ3n) is 5.34. The zero-order valence-electron chi connectivity index (χ0n) is 18.5. The molecule has 0 bridgehead atoms. The Morgan fingerprint density at radius 2 is 1.66 bits per heavy atom. The Kier molecular flexibility index (Phi) is 7.97. The summed E-state index contributed by atoms with van der Waals surface area (Å²) >= 11 is 1.37. The Bertz CT molecular complexity index is 1090. The summed E-state index contributed by atoms with van der Waals surface area (Å²) in [5.41, 5.74) is 2.79. The Balaban J connectivity index is 1.47. The molecule has 0 N–H and O–H groups in total. The third kappa shape index (κ3) is 5.90. The van der Waals surface area contributed by atoms with Crippen LogP contribution in [0.25, 0.3) is 0 Å². The largest absolute Gasteiger partial charge is 0.455 e. The number of esters is 1. The molecular weight excluding hydrogens is 448 g/mol. The second-order valence-electron chi connectivity index (χ2n) is 7.77. The topological polar surface area (TPSA) is 84.0 Å². The van der Waals surface area contributed by atoms with Gasteiger partial charge in [-0.3, -0.25) is 9.59 Å². The van der Waals surface area contributed by atoms with Gasteiger partial charge in [0.05, 0.1) is 10.6 Å². The van der Waals surface area contributed by atoms with Gasteiger partial charge in [-0.15, -0.1) is 11.8 Å². The first kappa shape index (κ1) is 24.3. The molecule has 7 nitrogen and oxygen atoms in total. The number of hydrogen-bond donors (Lipinski definition) is 0. The number of rotatable bonds is 7. The van der Waals surface area contributed by atoms with Gasteiger partial charge < -0.3 is 9.64 Å². The van der Waals surface area contributed by atoms with Gasteiger partial charge in [-0.2, -0.15) is 4.31 Å². The van der Waals surface area contributed by atoms with Crippen LogP contribution in [0.5, 0.6) is 0 Å². The molecule has 3 rings (SSSR count). The normalized spacial score (nSPS) is 14.9. The number of sulfonamides is 1. The number of carbonyl (C=O) groups excluding carboxylic acids is 2. The number of nitrogens with zero attached hydrogens (tertiary/aromatic N) is 2. The van der Waals surface area contributed by atoms with E-state index < -0.39 is 16.0 Å². The van der Waals surface area contributed by atoms with E-state index >= 15 is 0 Å². The number of piperazine rings is 1. The van der Waals surface area contributed by atoms with Crippen molar-refractivity contribution in [2.24, 2.45) is 0 Å². The molecule has 0 aliphatic carbocycles. The first-order valence-electron chi connectivity index (χ1n) is 10.4. The van der Waals surface area contributed by atoms with Crippen LogP contribution in [0, 0.1) is 20.8 Å². The average molecular weight is 477 g/mol. The number of thioether (sulfide) groups is 1. The van der Waals surface area contributed by atoms with Gasteiger partial charge in [0.1, 0.15) is 0 Å². The number of ether oxygens (including phenoxy) is 1. The molecule has 2 aromatic carbocycles. The van der Waals surface area contributed by atoms with Crippen molar-refractivity contribution >= 4 is 33.7 Å². The van der Waals surface area contributed by atoms with E-state index in [2.05, 4.69) is 0 Å². The third-order valence-corrected chi connectivity index (χ3v) is 8.54. The molecule has 0 aromatic heterocycles. The maximum atomic E-state index is 13.0. The standard InChI is InChI=1S/C23H28N2O5S2/c1-17-8-9-21(19(3)14-17)32(28,29)25-12-10-24(11-13-25)22(26)15-30-23(27)16-31-20-7-5-4-6-18(20)2/h4-9,14H,10-13,15-16H2,1-3H3. The van der Waals surface area contributed by atoms with Crippen molar-refractivity contribution in [3.05, 3.63) is 59.2 Å². The molecule has 0 atom stereocenters. The fraction of sp³-hybridized carbons (Fsp3) is 0.391. The second kappa shape index (κ2) is 10.5. The van der Waals surface area contributed by atoms with Crippen LogP contribution in [-0.2, 0) is 24.3 Å². The fourth-order valence-electron chi connectivity index (χ4n) is 3.54. The highest BCUT2D eigenvalue weighted by Gasteiger charge is 2.31. The zero-order chi connectivity index (χ0) is 23.3. The first-order valence-corrected chi connectivity index (χ1v) is 12.8. The van der Waals surface area contributed by atoms with Crippen molar-refractivity contribution in [3.8, 4) is 0 Å². The molecule has 1 aliphatic rings. The van der Waals surface area contributed by atoms with Gasteiger partial charge in [0.2, 0.25) is 10.0 Å². The van der Waals surface area contributed by atoms with Crippen LogP contribution >= 0.6 is 11.8 Å². The highest BCUT2D eigenvalue weighted by molar-refractivity contribution is 8.00. The predicted octanol–water partition coefficient (Wildman–Crippen LogP) is 2.78. The predicted molar refractivity (Wildman–Crippen MR) is 124 cm³/mol. The first-order chi connectivity index (χ1) is 15.2. The molecule has 1 aliphatic heterocycles. The highest BCUT2D eigenvalue weighted by atomic mass is 32.2. The van der Waals surface area contributed by atoms with Crippen LogP contribution in [0.4, 0.5) is 0 Å². The molecule has 1 amide bonds. The smallest absolute Gasteiger partial charge is 0.316 e. The minimum absolute atomic E-state index is 0.125. The van der Waals surface area contributed by atoms with Crippen LogP contribution < -0.4 is 0 Å². The lowest BCUT2D eigenvalue weighted by molar-refractivity contribution is -0.150. The van der Waals surface area contributed by atoms with E-state index in [9.17, 15) is 18.0 Å². The van der Waals surface area contributed by atoms with Crippen molar-refractivity contribution in [2.45, 2.75) is 30.6 Å². The van der Waals surface area contributed by atoms with Crippen LogP contribution in [0.1, 0.15) is 16.7 Å². The summed E-state index contributed by atoms with van der Waals surface area (Å²) in [4.78, 5) is 27.3. The Hall–Kier alpha value is -2.36. The van der Waals surface area contributed by atoms with E-state index in [4.69, 9.17) is 4.74 Å². The van der Waals surface area contributed by atoms with Crippen molar-refractivity contribution in [1.82, 2.24) is 9.21 Å². The summed E-state index contributed by atoms with van der Waals surface area (Å²) in [5, 5.41) is 0. The van der Waals surface area contributed by atoms with Gasteiger partial charge >= 0.3 is 5.97 Å². The minimum Gasteiger partial charge on any atom is -0.455 e. The Labute approximate surface area is 193 Å². The van der Waals surface area contributed by atoms with Crippen LogP contribution in [0.15, 0.2) is 52.3 Å². The summed E-state index contributed by atoms with van der Waals surface area (Å²) in [6, 6.07) is 13.0. The molecule has 32 heavy (non-hydrogen) atoms. The average Bonchev–Trinajstić information content (AvgIpc) is 2.76. The van der Waals surface area contributed by atoms with Crippen LogP contribution in [-0.4, -0.2) is 68.0 Å². The molecule has 172 valence electrons. The summed E-state index contributed by atoms with van der Waals surface area (Å²) in [6.07, 6.45) is 0. The van der Waals surface area contributed by atoms with Crippen molar-refractivity contribution in [3.63, 3.8) is 0 Å². The fourth-order valence-corrected chi connectivity index (χ4v) is 5.99. The molecule has 1 saturated heterocycles. The lowest BCUT2D eigenvalue weighted by Gasteiger charge is -2.34. The quantitative estimate of drug-likeness (QED) is 0.451. The van der Waals surface area contributed by atoms with Crippen molar-refractivity contribution in [1.29, 1.82) is 0 Å². The molecule has 9 heteroatoms. The minimum atomic E-state index is -3.61. The van der Waals surface area contributed by atoms with Gasteiger partial charge in [0, 0.05) is 31.1 Å². The number of carbonyl (C=O) groups is 2. The van der Waals surface area contributed by atoms with Gasteiger partial charge in [0.15, 0.2) is 6.61 Å². The number of hydrogen-bond acceptors (Lipinski definition) is 6. The summed E-state index contributed by atoms with van der Waals surface area (Å²) in [5.74, 6) is -0.648. The van der Waals surface area contributed by atoms with E-state index in [-0.39, 0.29) is 44.4 Å². The van der Waals surface area contributed by atoms with E-state index in [1.807, 2.05) is 44.2 Å². The lowest BCUT2D eigenvalue weighted by Crippen LogP contribution is -2.51. The zero-order valence-corrected chi connectivity index (χ0v) is 20.2. The monoisotopic (exact) mass is 476 g/mol. The maximum absolute atomic E-state index is 13.0. The summed E-state index contributed by atoms with van der Waals surface area (Å²) < 4.78 is 32.5. The SMILES string of the molecule is Cc1ccc(S(=O)(=O)N2CCN(C(=O)COC(=O)CSc3ccccc3C)CC2)c(C)c1. The summed E-state index contributed by atoms with van der Waals surface area (Å²) in [6.45, 7) is 6.27. The Morgan fingerprint density at radius 3 is 2.31 bits per heavy atom. The number of amides is 1. The van der Waals surface area contributed by atoms with Gasteiger partial charge in [0.25, 0.3) is 5.91 Å². The van der Waals surface area contributed by atoms with Crippen molar-refractivity contribution < 1.29 is 22.7 Å². The molecular formula is C23H28N2O5S2. The number of aryl methyl sites for hydroxylation is 3. The molecule has 0 spiro atoms. The molecule has 0 radical (unpaired) electrons. The lowest BCUT2D eigenvalue weighted by atomic mass is 10.2. The van der Waals surface area contributed by atoms with Crippen molar-refractivity contribution in [2.75, 3.05) is 38.5 Å². The van der Waals surface area contributed by atoms with Gasteiger partial charge in [-0.1, -0.05) is 35.9 Å². The van der Waals surface area contributed by atoms with E-state index in [1.54, 1.807) is 19.1 Å². The van der Waals surface area contributed by atoms with E-state index in [0.717, 1.165) is 16.0 Å². The maximum Gasteiger partial charge on any atom is 0.316 e. The van der Waals surface area contributed by atoms with Crippen LogP contribution in [0.2, 0.25) is 0 Å². The van der Waals surface area contributed by atoms with Crippen LogP contribution in [0.3, 0.4) is 0 Å². The molecule has 2 aromatic rings. The Morgan fingerprint density at radius 1 is 0.969 bits per heavy atom. The van der Waals surface area contributed by atoms with E-state index in [0.29, 0.717) is 10.5 Å². The molecule has 1 fully saturated rings. The van der Waals surface area contributed by atoms with Gasteiger partial charge in [-0.25, -0.2) is 8.42 Å². The molecule has 1 heterocycles. The summed E-state index contributed by atoms with van der Waals surface area (Å²) in [7, 11) is -3.61. The number of benzene rings is 2. The van der Waals surface area contributed by atoms with Gasteiger partial charge in [-0.05, 0) is 44.0 Å². The second-order valence-corrected chi connectivity index (χ2v) is 10.7.